The highest BCUT2D eigenvalue weighted by atomic mass is 16.1. The molecule has 0 saturated heterocycles. The highest BCUT2D eigenvalue weighted by Gasteiger charge is 2.26. The number of allylic oxidation sites excluding steroid dienone is 1. The van der Waals surface area contributed by atoms with Crippen LogP contribution in [0.25, 0.3) is 0 Å². The summed E-state index contributed by atoms with van der Waals surface area (Å²) in [5, 5.41) is 0. The second kappa shape index (κ2) is 4.43. The lowest BCUT2D eigenvalue weighted by Crippen LogP contribution is -2.23. The van der Waals surface area contributed by atoms with Gasteiger partial charge in [-0.25, -0.2) is 0 Å². The summed E-state index contributed by atoms with van der Waals surface area (Å²) in [6.45, 7) is 9.61. The molecule has 0 heterocycles. The summed E-state index contributed by atoms with van der Waals surface area (Å²) in [6, 6.07) is 7.72. The van der Waals surface area contributed by atoms with Gasteiger partial charge in [0, 0.05) is 11.0 Å². The van der Waals surface area contributed by atoms with Gasteiger partial charge in [0.2, 0.25) is 0 Å². The summed E-state index contributed by atoms with van der Waals surface area (Å²) in [5.74, 6) is 0.183. The van der Waals surface area contributed by atoms with E-state index in [1.807, 2.05) is 45.0 Å². The van der Waals surface area contributed by atoms with Crippen LogP contribution in [0, 0.1) is 12.3 Å². The molecule has 0 aliphatic carbocycles. The minimum atomic E-state index is -0.350. The zero-order chi connectivity index (χ0) is 11.5. The third-order valence-electron chi connectivity index (χ3n) is 2.58. The van der Waals surface area contributed by atoms with Gasteiger partial charge in [0.25, 0.3) is 0 Å². The number of rotatable bonds is 4. The second-order valence-electron chi connectivity index (χ2n) is 4.57. The van der Waals surface area contributed by atoms with E-state index in [2.05, 4.69) is 6.58 Å². The Hall–Kier alpha value is -1.37. The fraction of sp³-hybridized carbons (Fsp3) is 0.357. The summed E-state index contributed by atoms with van der Waals surface area (Å²) in [5.41, 5.74) is 1.61. The third kappa shape index (κ3) is 2.79. The van der Waals surface area contributed by atoms with E-state index in [0.717, 1.165) is 5.56 Å². The number of carbonyl (C=O) groups excluding carboxylic acids is 1. The van der Waals surface area contributed by atoms with E-state index in [4.69, 9.17) is 0 Å². The minimum Gasteiger partial charge on any atom is -0.294 e. The van der Waals surface area contributed by atoms with Crippen molar-refractivity contribution >= 4 is 5.78 Å². The third-order valence-corrected chi connectivity index (χ3v) is 2.58. The Morgan fingerprint density at radius 2 is 1.87 bits per heavy atom. The normalized spacial score (nSPS) is 11.1. The standard InChI is InChI=1S/C14H18O/c1-5-10-14(3,4)13(15)12-8-6-11(2)7-9-12/h5-9H,1,10H2,2-4H3. The second-order valence-corrected chi connectivity index (χ2v) is 4.57. The lowest BCUT2D eigenvalue weighted by molar-refractivity contribution is 0.0841. The maximum atomic E-state index is 12.1. The Balaban J connectivity index is 2.94. The van der Waals surface area contributed by atoms with Crippen molar-refractivity contribution < 1.29 is 4.79 Å². The van der Waals surface area contributed by atoms with Gasteiger partial charge >= 0.3 is 0 Å². The number of ketones is 1. The van der Waals surface area contributed by atoms with Gasteiger partial charge in [-0.1, -0.05) is 49.8 Å². The van der Waals surface area contributed by atoms with E-state index in [9.17, 15) is 4.79 Å². The summed E-state index contributed by atoms with van der Waals surface area (Å²) < 4.78 is 0. The summed E-state index contributed by atoms with van der Waals surface area (Å²) in [6.07, 6.45) is 2.51. The first-order chi connectivity index (χ1) is 6.97. The molecule has 0 N–H and O–H groups in total. The summed E-state index contributed by atoms with van der Waals surface area (Å²) in [7, 11) is 0. The van der Waals surface area contributed by atoms with Crippen LogP contribution in [0.3, 0.4) is 0 Å². The summed E-state index contributed by atoms with van der Waals surface area (Å²) in [4.78, 5) is 12.1. The predicted octanol–water partition coefficient (Wildman–Crippen LogP) is 3.78. The van der Waals surface area contributed by atoms with Crippen molar-refractivity contribution in [2.24, 2.45) is 5.41 Å². The maximum Gasteiger partial charge on any atom is 0.168 e. The first kappa shape index (κ1) is 11.7. The van der Waals surface area contributed by atoms with Crippen LogP contribution >= 0.6 is 0 Å². The molecule has 0 aliphatic rings. The molecule has 15 heavy (non-hydrogen) atoms. The first-order valence-electron chi connectivity index (χ1n) is 5.20. The minimum absolute atomic E-state index is 0.183. The number of carbonyl (C=O) groups is 1. The van der Waals surface area contributed by atoms with E-state index in [-0.39, 0.29) is 11.2 Å². The van der Waals surface area contributed by atoms with Crippen molar-refractivity contribution in [3.05, 3.63) is 48.0 Å². The molecule has 1 rings (SSSR count). The molecule has 0 atom stereocenters. The average Bonchev–Trinajstić information content (AvgIpc) is 2.18. The topological polar surface area (TPSA) is 17.1 Å². The monoisotopic (exact) mass is 202 g/mol. The lowest BCUT2D eigenvalue weighted by Gasteiger charge is -2.21. The predicted molar refractivity (Wildman–Crippen MR) is 64.1 cm³/mol. The van der Waals surface area contributed by atoms with E-state index >= 15 is 0 Å². The van der Waals surface area contributed by atoms with Gasteiger partial charge in [-0.05, 0) is 13.3 Å². The van der Waals surface area contributed by atoms with Crippen molar-refractivity contribution in [2.45, 2.75) is 27.2 Å². The van der Waals surface area contributed by atoms with E-state index in [1.165, 1.54) is 5.56 Å². The van der Waals surface area contributed by atoms with Gasteiger partial charge < -0.3 is 0 Å². The Morgan fingerprint density at radius 3 is 2.33 bits per heavy atom. The molecule has 0 unspecified atom stereocenters. The van der Waals surface area contributed by atoms with E-state index < -0.39 is 0 Å². The molecule has 0 saturated carbocycles. The SMILES string of the molecule is C=CCC(C)(C)C(=O)c1ccc(C)cc1. The van der Waals surface area contributed by atoms with Crippen LogP contribution in [0.15, 0.2) is 36.9 Å². The van der Waals surface area contributed by atoms with Gasteiger partial charge in [-0.2, -0.15) is 0 Å². The van der Waals surface area contributed by atoms with Crippen LogP contribution in [0.4, 0.5) is 0 Å². The van der Waals surface area contributed by atoms with Crippen molar-refractivity contribution in [1.82, 2.24) is 0 Å². The molecule has 0 radical (unpaired) electrons. The molecule has 1 heteroatoms. The molecule has 0 amide bonds. The van der Waals surface area contributed by atoms with Crippen LogP contribution in [-0.4, -0.2) is 5.78 Å². The molecule has 80 valence electrons. The Kier molecular flexibility index (Phi) is 3.46. The number of hydrogen-bond donors (Lipinski definition) is 0. The molecular weight excluding hydrogens is 184 g/mol. The highest BCUT2D eigenvalue weighted by Crippen LogP contribution is 2.26. The zero-order valence-corrected chi connectivity index (χ0v) is 9.71. The van der Waals surface area contributed by atoms with Crippen molar-refractivity contribution in [1.29, 1.82) is 0 Å². The Labute approximate surface area is 91.8 Å². The van der Waals surface area contributed by atoms with Gasteiger partial charge in [0.1, 0.15) is 0 Å². The Bertz CT molecular complexity index is 357. The molecule has 0 aliphatic heterocycles. The number of aryl methyl sites for hydroxylation is 1. The highest BCUT2D eigenvalue weighted by molar-refractivity contribution is 6.00. The number of benzene rings is 1. The van der Waals surface area contributed by atoms with E-state index in [0.29, 0.717) is 6.42 Å². The fourth-order valence-electron chi connectivity index (χ4n) is 1.55. The van der Waals surface area contributed by atoms with Crippen LogP contribution < -0.4 is 0 Å². The van der Waals surface area contributed by atoms with Crippen LogP contribution in [0.2, 0.25) is 0 Å². The molecule has 1 aromatic carbocycles. The Morgan fingerprint density at radius 1 is 1.33 bits per heavy atom. The first-order valence-corrected chi connectivity index (χ1v) is 5.20. The van der Waals surface area contributed by atoms with E-state index in [1.54, 1.807) is 6.08 Å². The van der Waals surface area contributed by atoms with Gasteiger partial charge in [-0.3, -0.25) is 4.79 Å². The number of Topliss-reactive ketones (excluding diaryl/α,β-unsaturated/α-hetero) is 1. The molecule has 1 nitrogen and oxygen atoms in total. The molecule has 0 aromatic heterocycles. The quantitative estimate of drug-likeness (QED) is 0.536. The largest absolute Gasteiger partial charge is 0.294 e. The molecule has 1 aromatic rings. The maximum absolute atomic E-state index is 12.1. The fourth-order valence-corrected chi connectivity index (χ4v) is 1.55. The smallest absolute Gasteiger partial charge is 0.168 e. The average molecular weight is 202 g/mol. The van der Waals surface area contributed by atoms with Crippen molar-refractivity contribution in [3.63, 3.8) is 0 Å². The molecular formula is C14H18O. The van der Waals surface area contributed by atoms with Crippen LogP contribution in [0.5, 0.6) is 0 Å². The lowest BCUT2D eigenvalue weighted by atomic mass is 9.81. The zero-order valence-electron chi connectivity index (χ0n) is 9.71. The molecule has 0 bridgehead atoms. The van der Waals surface area contributed by atoms with Gasteiger partial charge in [0.15, 0.2) is 5.78 Å². The van der Waals surface area contributed by atoms with Gasteiger partial charge in [-0.15, -0.1) is 6.58 Å². The van der Waals surface area contributed by atoms with Crippen molar-refractivity contribution in [2.75, 3.05) is 0 Å². The molecule has 0 fully saturated rings. The van der Waals surface area contributed by atoms with Crippen LogP contribution in [0.1, 0.15) is 36.2 Å². The molecule has 0 spiro atoms. The summed E-state index contributed by atoms with van der Waals surface area (Å²) >= 11 is 0. The van der Waals surface area contributed by atoms with Crippen molar-refractivity contribution in [3.8, 4) is 0 Å². The van der Waals surface area contributed by atoms with Gasteiger partial charge in [0.05, 0.1) is 0 Å². The van der Waals surface area contributed by atoms with Crippen LogP contribution in [-0.2, 0) is 0 Å². The number of hydrogen-bond acceptors (Lipinski definition) is 1.